The Kier molecular flexibility index (Phi) is 1.99. The van der Waals surface area contributed by atoms with Crippen LogP contribution in [0.15, 0.2) is 17.2 Å². The van der Waals surface area contributed by atoms with Crippen LogP contribution in [0.1, 0.15) is 6.42 Å². The van der Waals surface area contributed by atoms with E-state index in [9.17, 15) is 4.79 Å². The fourth-order valence-electron chi connectivity index (χ4n) is 3.09. The van der Waals surface area contributed by atoms with Gasteiger partial charge >= 0.3 is 5.69 Å². The average Bonchev–Trinajstić information content (AvgIpc) is 3.04. The molecule has 2 fully saturated rings. The minimum absolute atomic E-state index is 0.245. The summed E-state index contributed by atoms with van der Waals surface area (Å²) in [5.74, 6) is 1.64. The highest BCUT2D eigenvalue weighted by molar-refractivity contribution is 5.52. The van der Waals surface area contributed by atoms with Crippen molar-refractivity contribution in [1.82, 2.24) is 24.9 Å². The smallest absolute Gasteiger partial charge is 0.348 e. The summed E-state index contributed by atoms with van der Waals surface area (Å²) in [7, 11) is 0. The Morgan fingerprint density at radius 2 is 2.33 bits per heavy atom. The van der Waals surface area contributed by atoms with Crippen LogP contribution in [0.25, 0.3) is 5.65 Å². The van der Waals surface area contributed by atoms with Crippen molar-refractivity contribution in [3.63, 3.8) is 0 Å². The van der Waals surface area contributed by atoms with Gasteiger partial charge in [-0.3, -0.25) is 0 Å². The van der Waals surface area contributed by atoms with E-state index in [2.05, 4.69) is 25.4 Å². The molecule has 2 aliphatic rings. The van der Waals surface area contributed by atoms with Gasteiger partial charge in [-0.25, -0.2) is 19.3 Å². The first-order chi connectivity index (χ1) is 8.83. The van der Waals surface area contributed by atoms with E-state index in [1.807, 2.05) is 6.07 Å². The molecule has 2 N–H and O–H groups in total. The molecule has 2 saturated heterocycles. The number of H-pyrrole nitrogens is 1. The number of nitrogens with one attached hydrogen (secondary N) is 2. The number of aromatic amines is 1. The largest absolute Gasteiger partial charge is 0.352 e. The lowest BCUT2D eigenvalue weighted by atomic mass is 10.1. The van der Waals surface area contributed by atoms with Gasteiger partial charge in [0, 0.05) is 31.7 Å². The van der Waals surface area contributed by atoms with E-state index in [-0.39, 0.29) is 5.69 Å². The van der Waals surface area contributed by atoms with Gasteiger partial charge in [0.25, 0.3) is 0 Å². The molecule has 2 atom stereocenters. The average molecular weight is 246 g/mol. The molecule has 0 saturated carbocycles. The molecule has 0 amide bonds. The zero-order chi connectivity index (χ0) is 12.1. The molecule has 7 heteroatoms. The van der Waals surface area contributed by atoms with Crippen molar-refractivity contribution in [2.24, 2.45) is 5.92 Å². The van der Waals surface area contributed by atoms with E-state index in [4.69, 9.17) is 0 Å². The van der Waals surface area contributed by atoms with Crippen LogP contribution >= 0.6 is 0 Å². The lowest BCUT2D eigenvalue weighted by molar-refractivity contribution is 0.577. The molecule has 4 heterocycles. The van der Waals surface area contributed by atoms with Gasteiger partial charge in [0.1, 0.15) is 12.1 Å². The number of hydrogen-bond acceptors (Lipinski definition) is 5. The zero-order valence-electron chi connectivity index (χ0n) is 9.83. The number of aromatic nitrogens is 4. The van der Waals surface area contributed by atoms with Crippen LogP contribution in [0.5, 0.6) is 0 Å². The molecule has 7 nitrogen and oxygen atoms in total. The van der Waals surface area contributed by atoms with Crippen LogP contribution in [0, 0.1) is 5.92 Å². The molecule has 4 rings (SSSR count). The minimum atomic E-state index is -0.245. The van der Waals surface area contributed by atoms with E-state index in [0.717, 1.165) is 31.4 Å². The van der Waals surface area contributed by atoms with Crippen LogP contribution in [-0.4, -0.2) is 45.3 Å². The summed E-state index contributed by atoms with van der Waals surface area (Å²) in [6.07, 6.45) is 2.75. The van der Waals surface area contributed by atoms with E-state index < -0.39 is 0 Å². The maximum Gasteiger partial charge on any atom is 0.348 e. The van der Waals surface area contributed by atoms with Gasteiger partial charge in [-0.05, 0) is 12.3 Å². The number of anilines is 1. The molecule has 0 aromatic carbocycles. The van der Waals surface area contributed by atoms with Crippen molar-refractivity contribution in [2.75, 3.05) is 24.5 Å². The Morgan fingerprint density at radius 1 is 1.39 bits per heavy atom. The molecule has 2 aliphatic heterocycles. The van der Waals surface area contributed by atoms with Gasteiger partial charge in [0.2, 0.25) is 0 Å². The van der Waals surface area contributed by atoms with E-state index in [1.165, 1.54) is 10.8 Å². The highest BCUT2D eigenvalue weighted by Crippen LogP contribution is 2.30. The van der Waals surface area contributed by atoms with Crippen LogP contribution in [-0.2, 0) is 0 Å². The van der Waals surface area contributed by atoms with Crippen molar-refractivity contribution in [3.8, 4) is 0 Å². The Balaban J connectivity index is 1.76. The van der Waals surface area contributed by atoms with Gasteiger partial charge in [-0.1, -0.05) is 0 Å². The predicted octanol–water partition coefficient (Wildman–Crippen LogP) is -0.784. The second kappa shape index (κ2) is 3.55. The van der Waals surface area contributed by atoms with Crippen LogP contribution < -0.4 is 15.9 Å². The van der Waals surface area contributed by atoms with Gasteiger partial charge in [-0.15, -0.1) is 0 Å². The maximum atomic E-state index is 11.4. The highest BCUT2D eigenvalue weighted by atomic mass is 16.1. The number of hydrogen-bond donors (Lipinski definition) is 2. The second-order valence-electron chi connectivity index (χ2n) is 4.97. The molecule has 0 unspecified atom stereocenters. The quantitative estimate of drug-likeness (QED) is 0.690. The summed E-state index contributed by atoms with van der Waals surface area (Å²) >= 11 is 0. The minimum Gasteiger partial charge on any atom is -0.352 e. The Labute approximate surface area is 103 Å². The van der Waals surface area contributed by atoms with Crippen molar-refractivity contribution < 1.29 is 0 Å². The lowest BCUT2D eigenvalue weighted by Gasteiger charge is -2.24. The summed E-state index contributed by atoms with van der Waals surface area (Å²) in [5, 5.41) is 9.83. The summed E-state index contributed by atoms with van der Waals surface area (Å²) in [6, 6.07) is 2.41. The Morgan fingerprint density at radius 3 is 3.28 bits per heavy atom. The maximum absolute atomic E-state index is 11.4. The van der Waals surface area contributed by atoms with E-state index >= 15 is 0 Å². The lowest BCUT2D eigenvalue weighted by Crippen LogP contribution is -2.34. The first-order valence-corrected chi connectivity index (χ1v) is 6.23. The summed E-state index contributed by atoms with van der Waals surface area (Å²) in [4.78, 5) is 18.1. The molecule has 0 spiro atoms. The molecule has 2 aromatic rings. The molecular weight excluding hydrogens is 232 g/mol. The number of nitrogens with zero attached hydrogens (tertiary/aromatic N) is 4. The van der Waals surface area contributed by atoms with Gasteiger partial charge in [0.15, 0.2) is 5.65 Å². The first-order valence-electron chi connectivity index (χ1n) is 6.23. The Hall–Kier alpha value is -1.89. The third-order valence-corrected chi connectivity index (χ3v) is 4.03. The molecule has 2 aromatic heterocycles. The summed E-state index contributed by atoms with van der Waals surface area (Å²) < 4.78 is 1.42. The zero-order valence-corrected chi connectivity index (χ0v) is 9.83. The SMILES string of the molecule is O=c1[nH]nc2cc(N3CC[C@H]4CNC[C@H]43)ncn12. The highest BCUT2D eigenvalue weighted by Gasteiger charge is 2.38. The van der Waals surface area contributed by atoms with E-state index in [1.54, 1.807) is 6.33 Å². The second-order valence-corrected chi connectivity index (χ2v) is 4.97. The summed E-state index contributed by atoms with van der Waals surface area (Å²) in [6.45, 7) is 3.16. The predicted molar refractivity (Wildman–Crippen MR) is 65.7 cm³/mol. The van der Waals surface area contributed by atoms with Crippen LogP contribution in [0.4, 0.5) is 5.82 Å². The molecular formula is C11H14N6O. The Bertz CT molecular complexity index is 646. The third-order valence-electron chi connectivity index (χ3n) is 4.03. The van der Waals surface area contributed by atoms with Crippen molar-refractivity contribution in [3.05, 3.63) is 22.9 Å². The number of rotatable bonds is 1. The van der Waals surface area contributed by atoms with Crippen molar-refractivity contribution in [1.29, 1.82) is 0 Å². The van der Waals surface area contributed by atoms with E-state index in [0.29, 0.717) is 11.7 Å². The fraction of sp³-hybridized carbons (Fsp3) is 0.545. The molecule has 94 valence electrons. The monoisotopic (exact) mass is 246 g/mol. The standard InChI is InChI=1S/C11H14N6O/c18-11-15-14-10-3-9(13-6-17(10)11)16-2-1-7-4-12-5-8(7)16/h3,6-8,12H,1-2,4-5H2,(H,15,18)/t7-,8+/m0/s1. The van der Waals surface area contributed by atoms with Crippen LogP contribution in [0.3, 0.4) is 0 Å². The van der Waals surface area contributed by atoms with Crippen molar-refractivity contribution >= 4 is 11.5 Å². The molecule has 18 heavy (non-hydrogen) atoms. The molecule has 0 radical (unpaired) electrons. The van der Waals surface area contributed by atoms with Gasteiger partial charge in [0.05, 0.1) is 0 Å². The number of fused-ring (bicyclic) bond motifs is 2. The normalized spacial score (nSPS) is 27.0. The van der Waals surface area contributed by atoms with Gasteiger partial charge < -0.3 is 10.2 Å². The first kappa shape index (κ1) is 10.1. The van der Waals surface area contributed by atoms with Gasteiger partial charge in [-0.2, -0.15) is 5.10 Å². The topological polar surface area (TPSA) is 78.3 Å². The molecule has 0 aliphatic carbocycles. The van der Waals surface area contributed by atoms with Crippen molar-refractivity contribution in [2.45, 2.75) is 12.5 Å². The molecule has 0 bridgehead atoms. The van der Waals surface area contributed by atoms with Crippen LogP contribution in [0.2, 0.25) is 0 Å². The third kappa shape index (κ3) is 1.30. The summed E-state index contributed by atoms with van der Waals surface area (Å²) in [5.41, 5.74) is 0.380. The fourth-order valence-corrected chi connectivity index (χ4v) is 3.09.